The summed E-state index contributed by atoms with van der Waals surface area (Å²) in [5, 5.41) is 0. The first-order chi connectivity index (χ1) is 12.2. The predicted octanol–water partition coefficient (Wildman–Crippen LogP) is 3.60. The smallest absolute Gasteiger partial charge is 0.264 e. The summed E-state index contributed by atoms with van der Waals surface area (Å²) < 4.78 is 5.31. The van der Waals surface area contributed by atoms with Crippen LogP contribution in [0, 0.1) is 0 Å². The minimum Gasteiger partial charge on any atom is -0.497 e. The van der Waals surface area contributed by atoms with E-state index in [9.17, 15) is 4.79 Å². The molecular weight excluding hydrogens is 332 g/mol. The number of piperazine rings is 1. The lowest BCUT2D eigenvalue weighted by Crippen LogP contribution is -2.48. The standard InChI is InChI=1S/C20H24N2O2S/c1-24-17-7-4-6-16(14-17)21-9-11-22(12-10-21)20(23)19-13-15-5-2-3-8-18(15)25-19/h4,6-7,13-14H,2-3,5,8-12H2,1H3. The highest BCUT2D eigenvalue weighted by atomic mass is 32.1. The number of methoxy groups -OCH3 is 1. The van der Waals surface area contributed by atoms with Gasteiger partial charge in [-0.2, -0.15) is 0 Å². The van der Waals surface area contributed by atoms with Crippen LogP contribution in [0.15, 0.2) is 30.3 Å². The Morgan fingerprint density at radius 3 is 2.64 bits per heavy atom. The van der Waals surface area contributed by atoms with Gasteiger partial charge < -0.3 is 14.5 Å². The summed E-state index contributed by atoms with van der Waals surface area (Å²) in [6.07, 6.45) is 4.82. The van der Waals surface area contributed by atoms with Crippen molar-refractivity contribution in [1.82, 2.24) is 4.90 Å². The molecule has 2 heterocycles. The molecular formula is C20H24N2O2S. The number of rotatable bonds is 3. The van der Waals surface area contributed by atoms with Crippen LogP contribution < -0.4 is 9.64 Å². The quantitative estimate of drug-likeness (QED) is 0.842. The van der Waals surface area contributed by atoms with Crippen molar-refractivity contribution < 1.29 is 9.53 Å². The molecule has 1 fully saturated rings. The lowest BCUT2D eigenvalue weighted by atomic mass is 9.99. The summed E-state index contributed by atoms with van der Waals surface area (Å²) in [5.74, 6) is 1.09. The molecule has 1 amide bonds. The Hall–Kier alpha value is -2.01. The van der Waals surface area contributed by atoms with Gasteiger partial charge in [-0.05, 0) is 49.4 Å². The maximum atomic E-state index is 12.9. The van der Waals surface area contributed by atoms with Crippen LogP contribution in [-0.4, -0.2) is 44.1 Å². The number of thiophene rings is 1. The highest BCUT2D eigenvalue weighted by Crippen LogP contribution is 2.31. The zero-order valence-corrected chi connectivity index (χ0v) is 15.5. The molecule has 5 heteroatoms. The largest absolute Gasteiger partial charge is 0.497 e. The Kier molecular flexibility index (Phi) is 4.66. The van der Waals surface area contributed by atoms with E-state index in [1.807, 2.05) is 17.0 Å². The number of amides is 1. The molecule has 1 aromatic carbocycles. The maximum Gasteiger partial charge on any atom is 0.264 e. The number of hydrogen-bond donors (Lipinski definition) is 0. The van der Waals surface area contributed by atoms with Gasteiger partial charge in [0.05, 0.1) is 12.0 Å². The normalized spacial score (nSPS) is 17.3. The van der Waals surface area contributed by atoms with Crippen molar-refractivity contribution in [2.45, 2.75) is 25.7 Å². The fourth-order valence-electron chi connectivity index (χ4n) is 3.73. The molecule has 4 rings (SSSR count). The minimum atomic E-state index is 0.213. The van der Waals surface area contributed by atoms with Gasteiger partial charge in [-0.3, -0.25) is 4.79 Å². The average molecular weight is 356 g/mol. The average Bonchev–Trinajstić information content (AvgIpc) is 3.12. The second kappa shape index (κ2) is 7.08. The summed E-state index contributed by atoms with van der Waals surface area (Å²) in [4.78, 5) is 19.6. The number of benzene rings is 1. The molecule has 2 aliphatic rings. The van der Waals surface area contributed by atoms with Crippen LogP contribution in [0.3, 0.4) is 0 Å². The number of carbonyl (C=O) groups is 1. The van der Waals surface area contributed by atoms with E-state index in [1.54, 1.807) is 18.4 Å². The molecule has 1 aliphatic carbocycles. The molecule has 0 radical (unpaired) electrons. The van der Waals surface area contributed by atoms with Crippen LogP contribution in [0.25, 0.3) is 0 Å². The van der Waals surface area contributed by atoms with Crippen LogP contribution in [0.1, 0.15) is 33.0 Å². The van der Waals surface area contributed by atoms with Crippen LogP contribution in [-0.2, 0) is 12.8 Å². The zero-order chi connectivity index (χ0) is 17.2. The van der Waals surface area contributed by atoms with Gasteiger partial charge >= 0.3 is 0 Å². The van der Waals surface area contributed by atoms with Crippen LogP contribution >= 0.6 is 11.3 Å². The summed E-state index contributed by atoms with van der Waals surface area (Å²) in [5.41, 5.74) is 2.58. The molecule has 1 aromatic heterocycles. The third kappa shape index (κ3) is 3.38. The van der Waals surface area contributed by atoms with Crippen molar-refractivity contribution in [3.63, 3.8) is 0 Å². The first-order valence-electron chi connectivity index (χ1n) is 9.04. The SMILES string of the molecule is COc1cccc(N2CCN(C(=O)c3cc4c(s3)CCCC4)CC2)c1. The molecule has 0 saturated carbocycles. The van der Waals surface area contributed by atoms with Gasteiger partial charge in [0.2, 0.25) is 0 Å². The molecule has 0 bridgehead atoms. The Labute approximate surface area is 153 Å². The first-order valence-corrected chi connectivity index (χ1v) is 9.86. The molecule has 2 aromatic rings. The van der Waals surface area contributed by atoms with Gasteiger partial charge in [-0.1, -0.05) is 6.07 Å². The second-order valence-corrected chi connectivity index (χ2v) is 7.88. The van der Waals surface area contributed by atoms with E-state index in [4.69, 9.17) is 4.74 Å². The van der Waals surface area contributed by atoms with Gasteiger partial charge in [0, 0.05) is 42.8 Å². The maximum absolute atomic E-state index is 12.9. The van der Waals surface area contributed by atoms with Gasteiger partial charge in [-0.25, -0.2) is 0 Å². The second-order valence-electron chi connectivity index (χ2n) is 6.75. The van der Waals surface area contributed by atoms with Crippen molar-refractivity contribution >= 4 is 22.9 Å². The summed E-state index contributed by atoms with van der Waals surface area (Å²) in [6.45, 7) is 3.28. The zero-order valence-electron chi connectivity index (χ0n) is 14.7. The molecule has 25 heavy (non-hydrogen) atoms. The fourth-order valence-corrected chi connectivity index (χ4v) is 4.95. The third-order valence-corrected chi connectivity index (χ3v) is 6.42. The Balaban J connectivity index is 1.41. The number of ether oxygens (including phenoxy) is 1. The number of anilines is 1. The molecule has 1 saturated heterocycles. The molecule has 4 nitrogen and oxygen atoms in total. The lowest BCUT2D eigenvalue weighted by molar-refractivity contribution is 0.0751. The van der Waals surface area contributed by atoms with E-state index in [-0.39, 0.29) is 5.91 Å². The van der Waals surface area contributed by atoms with E-state index < -0.39 is 0 Å². The van der Waals surface area contributed by atoms with Crippen molar-refractivity contribution in [1.29, 1.82) is 0 Å². The van der Waals surface area contributed by atoms with Crippen molar-refractivity contribution in [2.75, 3.05) is 38.2 Å². The van der Waals surface area contributed by atoms with Crippen molar-refractivity contribution in [3.05, 3.63) is 45.6 Å². The van der Waals surface area contributed by atoms with Gasteiger partial charge in [-0.15, -0.1) is 11.3 Å². The molecule has 1 aliphatic heterocycles. The van der Waals surface area contributed by atoms with Crippen LogP contribution in [0.5, 0.6) is 5.75 Å². The monoisotopic (exact) mass is 356 g/mol. The molecule has 0 atom stereocenters. The number of aryl methyl sites for hydroxylation is 2. The van der Waals surface area contributed by atoms with E-state index in [1.165, 1.54) is 23.3 Å². The van der Waals surface area contributed by atoms with Crippen LogP contribution in [0.2, 0.25) is 0 Å². The lowest BCUT2D eigenvalue weighted by Gasteiger charge is -2.36. The topological polar surface area (TPSA) is 32.8 Å². The van der Waals surface area contributed by atoms with E-state index >= 15 is 0 Å². The Morgan fingerprint density at radius 2 is 1.88 bits per heavy atom. The number of nitrogens with zero attached hydrogens (tertiary/aromatic N) is 2. The van der Waals surface area contributed by atoms with E-state index in [0.29, 0.717) is 0 Å². The molecule has 0 spiro atoms. The number of carbonyl (C=O) groups excluding carboxylic acids is 1. The van der Waals surface area contributed by atoms with Crippen LogP contribution in [0.4, 0.5) is 5.69 Å². The summed E-state index contributed by atoms with van der Waals surface area (Å²) >= 11 is 1.72. The summed E-state index contributed by atoms with van der Waals surface area (Å²) in [6, 6.07) is 10.3. The van der Waals surface area contributed by atoms with Crippen molar-refractivity contribution in [3.8, 4) is 5.75 Å². The minimum absolute atomic E-state index is 0.213. The summed E-state index contributed by atoms with van der Waals surface area (Å²) in [7, 11) is 1.69. The van der Waals surface area contributed by atoms with E-state index in [0.717, 1.165) is 55.3 Å². The molecule has 132 valence electrons. The van der Waals surface area contributed by atoms with E-state index in [2.05, 4.69) is 23.1 Å². The molecule has 0 unspecified atom stereocenters. The van der Waals surface area contributed by atoms with Gasteiger partial charge in [0.15, 0.2) is 0 Å². The Bertz CT molecular complexity index is 739. The number of hydrogen-bond acceptors (Lipinski definition) is 4. The number of fused-ring (bicyclic) bond motifs is 1. The highest BCUT2D eigenvalue weighted by molar-refractivity contribution is 7.14. The third-order valence-electron chi connectivity index (χ3n) is 5.19. The van der Waals surface area contributed by atoms with Gasteiger partial charge in [0.25, 0.3) is 5.91 Å². The van der Waals surface area contributed by atoms with Gasteiger partial charge in [0.1, 0.15) is 5.75 Å². The highest BCUT2D eigenvalue weighted by Gasteiger charge is 2.25. The first kappa shape index (κ1) is 16.5. The Morgan fingerprint density at radius 1 is 1.08 bits per heavy atom. The van der Waals surface area contributed by atoms with Crippen molar-refractivity contribution in [2.24, 2.45) is 0 Å². The predicted molar refractivity (Wildman–Crippen MR) is 102 cm³/mol. The fraction of sp³-hybridized carbons (Fsp3) is 0.450. The molecule has 0 N–H and O–H groups in total.